The fraction of sp³-hybridized carbons (Fsp3) is 0.273. The lowest BCUT2D eigenvalue weighted by Crippen LogP contribution is -2.20. The van der Waals surface area contributed by atoms with Gasteiger partial charge in [-0.3, -0.25) is 4.79 Å². The number of nitrogens with one attached hydrogen (secondary N) is 2. The standard InChI is InChI=1S/C11H13N5OS/c1-12-11(17)9-2-3-10(16-15-9)13-5-4-8-6-18-7-14-8/h2-3,6-7H,4-5H2,1H3,(H,12,17)(H,13,16). The number of thiazole rings is 1. The van der Waals surface area contributed by atoms with Crippen LogP contribution < -0.4 is 10.6 Å². The van der Waals surface area contributed by atoms with Crippen molar-refractivity contribution in [3.8, 4) is 0 Å². The van der Waals surface area contributed by atoms with Gasteiger partial charge in [0.25, 0.3) is 5.91 Å². The predicted octanol–water partition coefficient (Wildman–Crippen LogP) is 0.947. The van der Waals surface area contributed by atoms with Crippen LogP contribution in [-0.2, 0) is 6.42 Å². The van der Waals surface area contributed by atoms with Gasteiger partial charge >= 0.3 is 0 Å². The van der Waals surface area contributed by atoms with Crippen molar-refractivity contribution in [2.45, 2.75) is 6.42 Å². The quantitative estimate of drug-likeness (QED) is 0.839. The first kappa shape index (κ1) is 12.4. The van der Waals surface area contributed by atoms with Gasteiger partial charge in [0.2, 0.25) is 0 Å². The summed E-state index contributed by atoms with van der Waals surface area (Å²) in [5.41, 5.74) is 3.18. The molecular weight excluding hydrogens is 250 g/mol. The van der Waals surface area contributed by atoms with Gasteiger partial charge < -0.3 is 10.6 Å². The Morgan fingerprint density at radius 1 is 1.39 bits per heavy atom. The van der Waals surface area contributed by atoms with Crippen molar-refractivity contribution in [1.29, 1.82) is 0 Å². The second-order valence-electron chi connectivity index (χ2n) is 3.54. The number of rotatable bonds is 5. The number of aromatic nitrogens is 3. The Labute approximate surface area is 108 Å². The van der Waals surface area contributed by atoms with E-state index in [4.69, 9.17) is 0 Å². The summed E-state index contributed by atoms with van der Waals surface area (Å²) in [6.45, 7) is 0.734. The highest BCUT2D eigenvalue weighted by Crippen LogP contribution is 2.04. The van der Waals surface area contributed by atoms with Gasteiger partial charge in [-0.25, -0.2) is 4.98 Å². The Bertz CT molecular complexity index is 497. The molecule has 2 aromatic heterocycles. The predicted molar refractivity (Wildman–Crippen MR) is 69.7 cm³/mol. The molecule has 0 saturated carbocycles. The van der Waals surface area contributed by atoms with E-state index < -0.39 is 0 Å². The third-order valence-electron chi connectivity index (χ3n) is 2.29. The summed E-state index contributed by atoms with van der Waals surface area (Å²) >= 11 is 1.58. The maximum Gasteiger partial charge on any atom is 0.271 e. The largest absolute Gasteiger partial charge is 0.368 e. The normalized spacial score (nSPS) is 10.1. The average Bonchev–Trinajstić information content (AvgIpc) is 2.92. The first-order valence-corrected chi connectivity index (χ1v) is 6.40. The van der Waals surface area contributed by atoms with E-state index in [0.29, 0.717) is 11.5 Å². The monoisotopic (exact) mass is 263 g/mol. The van der Waals surface area contributed by atoms with Gasteiger partial charge in [0, 0.05) is 25.4 Å². The molecule has 2 heterocycles. The van der Waals surface area contributed by atoms with Gasteiger partial charge in [-0.1, -0.05) is 0 Å². The lowest BCUT2D eigenvalue weighted by molar-refractivity contribution is 0.0957. The molecule has 18 heavy (non-hydrogen) atoms. The van der Waals surface area contributed by atoms with Gasteiger partial charge in [0.05, 0.1) is 11.2 Å². The minimum absolute atomic E-state index is 0.239. The Morgan fingerprint density at radius 2 is 2.28 bits per heavy atom. The van der Waals surface area contributed by atoms with Crippen molar-refractivity contribution in [3.05, 3.63) is 34.4 Å². The van der Waals surface area contributed by atoms with Crippen LogP contribution in [0.25, 0.3) is 0 Å². The van der Waals surface area contributed by atoms with E-state index in [1.54, 1.807) is 30.5 Å². The summed E-state index contributed by atoms with van der Waals surface area (Å²) < 4.78 is 0. The number of carbonyl (C=O) groups is 1. The van der Waals surface area contributed by atoms with E-state index in [-0.39, 0.29) is 5.91 Å². The third kappa shape index (κ3) is 3.24. The smallest absolute Gasteiger partial charge is 0.271 e. The number of carbonyl (C=O) groups excluding carboxylic acids is 1. The fourth-order valence-corrected chi connectivity index (χ4v) is 1.95. The first-order chi connectivity index (χ1) is 8.79. The molecule has 0 radical (unpaired) electrons. The molecule has 2 N–H and O–H groups in total. The van der Waals surface area contributed by atoms with Crippen molar-refractivity contribution in [2.75, 3.05) is 18.9 Å². The van der Waals surface area contributed by atoms with E-state index in [2.05, 4.69) is 25.8 Å². The molecule has 0 unspecified atom stereocenters. The number of nitrogens with zero attached hydrogens (tertiary/aromatic N) is 3. The van der Waals surface area contributed by atoms with Crippen molar-refractivity contribution in [3.63, 3.8) is 0 Å². The Balaban J connectivity index is 1.85. The summed E-state index contributed by atoms with van der Waals surface area (Å²) in [5.74, 6) is 0.411. The number of hydrogen-bond donors (Lipinski definition) is 2. The minimum Gasteiger partial charge on any atom is -0.368 e. The zero-order chi connectivity index (χ0) is 12.8. The fourth-order valence-electron chi connectivity index (χ4n) is 1.36. The molecule has 0 aliphatic carbocycles. The van der Waals surface area contributed by atoms with Crippen LogP contribution in [0, 0.1) is 0 Å². The highest BCUT2D eigenvalue weighted by Gasteiger charge is 2.05. The van der Waals surface area contributed by atoms with E-state index in [0.717, 1.165) is 18.7 Å². The van der Waals surface area contributed by atoms with Crippen LogP contribution in [0.1, 0.15) is 16.2 Å². The van der Waals surface area contributed by atoms with E-state index in [1.165, 1.54) is 0 Å². The molecule has 94 valence electrons. The molecule has 0 spiro atoms. The third-order valence-corrected chi connectivity index (χ3v) is 2.93. The maximum atomic E-state index is 11.3. The Kier molecular flexibility index (Phi) is 4.19. The van der Waals surface area contributed by atoms with E-state index in [9.17, 15) is 4.79 Å². The lowest BCUT2D eigenvalue weighted by atomic mass is 10.3. The van der Waals surface area contributed by atoms with Crippen LogP contribution >= 0.6 is 11.3 Å². The number of amides is 1. The zero-order valence-electron chi connectivity index (χ0n) is 9.88. The number of anilines is 1. The van der Waals surface area contributed by atoms with Crippen LogP contribution in [-0.4, -0.2) is 34.7 Å². The number of hydrogen-bond acceptors (Lipinski definition) is 6. The second-order valence-corrected chi connectivity index (χ2v) is 4.26. The molecule has 2 aromatic rings. The topological polar surface area (TPSA) is 79.8 Å². The van der Waals surface area contributed by atoms with Crippen LogP contribution in [0.15, 0.2) is 23.0 Å². The highest BCUT2D eigenvalue weighted by molar-refractivity contribution is 7.07. The Morgan fingerprint density at radius 3 is 2.89 bits per heavy atom. The van der Waals surface area contributed by atoms with Gasteiger partial charge in [-0.2, -0.15) is 0 Å². The van der Waals surface area contributed by atoms with Crippen molar-refractivity contribution < 1.29 is 4.79 Å². The van der Waals surface area contributed by atoms with E-state index in [1.807, 2.05) is 10.9 Å². The van der Waals surface area contributed by atoms with Crippen LogP contribution in [0.3, 0.4) is 0 Å². The van der Waals surface area contributed by atoms with Gasteiger partial charge in [-0.05, 0) is 12.1 Å². The van der Waals surface area contributed by atoms with Crippen LogP contribution in [0.5, 0.6) is 0 Å². The van der Waals surface area contributed by atoms with E-state index >= 15 is 0 Å². The van der Waals surface area contributed by atoms with Crippen LogP contribution in [0.4, 0.5) is 5.82 Å². The van der Waals surface area contributed by atoms with Gasteiger partial charge in [0.1, 0.15) is 5.82 Å². The lowest BCUT2D eigenvalue weighted by Gasteiger charge is -2.04. The highest BCUT2D eigenvalue weighted by atomic mass is 32.1. The molecular formula is C11H13N5OS. The second kappa shape index (κ2) is 6.06. The molecule has 0 fully saturated rings. The molecule has 1 amide bonds. The summed E-state index contributed by atoms with van der Waals surface area (Å²) in [7, 11) is 1.56. The average molecular weight is 263 g/mol. The molecule has 7 heteroatoms. The molecule has 6 nitrogen and oxygen atoms in total. The molecule has 0 aliphatic rings. The summed E-state index contributed by atoms with van der Waals surface area (Å²) in [5, 5.41) is 15.4. The maximum absolute atomic E-state index is 11.3. The van der Waals surface area contributed by atoms with Crippen molar-refractivity contribution >= 4 is 23.1 Å². The molecule has 0 saturated heterocycles. The SMILES string of the molecule is CNC(=O)c1ccc(NCCc2cscn2)nn1. The van der Waals surface area contributed by atoms with Crippen molar-refractivity contribution in [1.82, 2.24) is 20.5 Å². The summed E-state index contributed by atoms with van der Waals surface area (Å²) in [4.78, 5) is 15.4. The summed E-state index contributed by atoms with van der Waals surface area (Å²) in [6.07, 6.45) is 0.836. The molecule has 0 aromatic carbocycles. The van der Waals surface area contributed by atoms with Crippen molar-refractivity contribution in [2.24, 2.45) is 0 Å². The Hall–Kier alpha value is -2.02. The van der Waals surface area contributed by atoms with Gasteiger partial charge in [0.15, 0.2) is 5.69 Å². The van der Waals surface area contributed by atoms with Gasteiger partial charge in [-0.15, -0.1) is 21.5 Å². The molecule has 0 bridgehead atoms. The van der Waals surface area contributed by atoms with Crippen LogP contribution in [0.2, 0.25) is 0 Å². The molecule has 0 aliphatic heterocycles. The molecule has 0 atom stereocenters. The first-order valence-electron chi connectivity index (χ1n) is 5.46. The zero-order valence-corrected chi connectivity index (χ0v) is 10.7. The minimum atomic E-state index is -0.239. The summed E-state index contributed by atoms with van der Waals surface area (Å²) in [6, 6.07) is 3.37. The molecule has 2 rings (SSSR count).